The molecule has 5 saturated carbocycles. The third kappa shape index (κ3) is 8.20. The lowest BCUT2D eigenvalue weighted by molar-refractivity contribution is -0.351. The number of aliphatic hydroxyl groups excluding tert-OH is 8. The highest BCUT2D eigenvalue weighted by Crippen LogP contribution is 2.81. The number of hydrogen-bond acceptors (Lipinski definition) is 16. The van der Waals surface area contributed by atoms with Crippen LogP contribution < -0.4 is 16.4 Å². The number of hydrogen-bond donors (Lipinski definition) is 14. The van der Waals surface area contributed by atoms with Crippen LogP contribution in [0.2, 0.25) is 0 Å². The molecule has 3 aliphatic heterocycles. The minimum atomic E-state index is -1.69. The van der Waals surface area contributed by atoms with Crippen molar-refractivity contribution in [1.29, 1.82) is 0 Å². The quantitative estimate of drug-likeness (QED) is 0.0735. The number of nitrogens with two attached hydrogens (primary N) is 1. The van der Waals surface area contributed by atoms with Gasteiger partial charge in [0.25, 0.3) is 0 Å². The van der Waals surface area contributed by atoms with Gasteiger partial charge in [0.05, 0.1) is 61.7 Å². The van der Waals surface area contributed by atoms with Crippen LogP contribution in [0.25, 0.3) is 0 Å². The number of carbonyl (C=O) groups is 2. The molecule has 0 bridgehead atoms. The van der Waals surface area contributed by atoms with Crippen LogP contribution >= 0.6 is 0 Å². The van der Waals surface area contributed by atoms with E-state index in [2.05, 4.69) is 52.4 Å². The Morgan fingerprint density at radius 3 is 2.37 bits per heavy atom. The molecule has 2 saturated heterocycles. The number of aliphatic hydroxyl groups is 8. The number of H-pyrrole nitrogens is 2. The number of aliphatic carboxylic acids is 1. The van der Waals surface area contributed by atoms with Gasteiger partial charge in [-0.25, -0.2) is 9.97 Å². The number of anilines is 1. The maximum absolute atomic E-state index is 14.5. The van der Waals surface area contributed by atoms with E-state index in [0.717, 1.165) is 54.9 Å². The topological polar surface area (TPSA) is 342 Å². The summed E-state index contributed by atoms with van der Waals surface area (Å²) in [6, 6.07) is -0.614. The number of allylic oxidation sites excluding steroid dienone is 2. The number of amides is 1. The highest BCUT2D eigenvalue weighted by Gasteiger charge is 2.78. The van der Waals surface area contributed by atoms with E-state index in [1.54, 1.807) is 18.9 Å². The molecule has 0 aromatic carbocycles. The molecule has 20 heteroatoms. The molecule has 2 aromatic rings. The Bertz CT molecular complexity index is 2530. The lowest BCUT2D eigenvalue weighted by atomic mass is 9.27. The van der Waals surface area contributed by atoms with Crippen molar-refractivity contribution in [2.24, 2.45) is 91.5 Å². The molecular formula is C58H89N7O13. The van der Waals surface area contributed by atoms with Gasteiger partial charge in [0, 0.05) is 42.4 Å². The number of nitrogens with one attached hydrogen (secondary N) is 4. The number of nitrogens with zero attached hydrogens (tertiary/aromatic N) is 2. The molecule has 9 aliphatic rings. The number of fused-ring (bicyclic) bond motifs is 11. The third-order valence-electron chi connectivity index (χ3n) is 24.1. The third-order valence-corrected chi connectivity index (χ3v) is 24.1. The number of rotatable bonds is 14. The van der Waals surface area contributed by atoms with Crippen LogP contribution in [0.5, 0.6) is 0 Å². The van der Waals surface area contributed by atoms with E-state index in [0.29, 0.717) is 57.9 Å². The second-order valence-electron chi connectivity index (χ2n) is 27.1. The van der Waals surface area contributed by atoms with E-state index in [-0.39, 0.29) is 61.6 Å². The predicted molar refractivity (Wildman–Crippen MR) is 283 cm³/mol. The van der Waals surface area contributed by atoms with Crippen molar-refractivity contribution >= 4 is 17.7 Å². The van der Waals surface area contributed by atoms with E-state index in [4.69, 9.17) is 20.2 Å². The highest BCUT2D eigenvalue weighted by molar-refractivity contribution is 5.82. The van der Waals surface area contributed by atoms with Crippen LogP contribution in [-0.4, -0.2) is 160 Å². The second kappa shape index (κ2) is 20.7. The van der Waals surface area contributed by atoms with Crippen LogP contribution in [0.3, 0.4) is 0 Å². The van der Waals surface area contributed by atoms with Crippen molar-refractivity contribution in [3.8, 4) is 0 Å². The lowest BCUT2D eigenvalue weighted by Crippen LogP contribution is -2.76. The second-order valence-corrected chi connectivity index (χ2v) is 27.1. The first-order valence-corrected chi connectivity index (χ1v) is 29.4. The van der Waals surface area contributed by atoms with Gasteiger partial charge in [0.2, 0.25) is 5.91 Å². The zero-order valence-corrected chi connectivity index (χ0v) is 46.0. The first-order chi connectivity index (χ1) is 37.2. The summed E-state index contributed by atoms with van der Waals surface area (Å²) >= 11 is 0. The largest absolute Gasteiger partial charge is 0.481 e. The van der Waals surface area contributed by atoms with Gasteiger partial charge in [-0.15, -0.1) is 0 Å². The number of carboxylic acid groups (broad SMARTS) is 1. The van der Waals surface area contributed by atoms with Crippen molar-refractivity contribution < 1.29 is 65.0 Å². The molecule has 78 heavy (non-hydrogen) atoms. The van der Waals surface area contributed by atoms with Crippen LogP contribution in [0.15, 0.2) is 30.5 Å². The van der Waals surface area contributed by atoms with Crippen molar-refractivity contribution in [2.75, 3.05) is 38.3 Å². The van der Waals surface area contributed by atoms with Gasteiger partial charge in [0.1, 0.15) is 30.4 Å². The normalized spacial score (nSPS) is 47.1. The fourth-order valence-corrected chi connectivity index (χ4v) is 20.2. The average molecular weight is 1090 g/mol. The number of aromatic nitrogens is 4. The van der Waals surface area contributed by atoms with Crippen LogP contribution in [-0.2, 0) is 25.5 Å². The Morgan fingerprint density at radius 1 is 0.923 bits per heavy atom. The molecule has 7 fully saturated rings. The lowest BCUT2D eigenvalue weighted by Gasteiger charge is -2.77. The Morgan fingerprint density at radius 2 is 1.69 bits per heavy atom. The highest BCUT2D eigenvalue weighted by atomic mass is 16.7. The van der Waals surface area contributed by atoms with Crippen LogP contribution in [0.4, 0.5) is 5.82 Å². The zero-order valence-electron chi connectivity index (χ0n) is 46.0. The van der Waals surface area contributed by atoms with Crippen LogP contribution in [0, 0.1) is 85.8 Å². The van der Waals surface area contributed by atoms with Crippen molar-refractivity contribution in [2.45, 2.75) is 179 Å². The van der Waals surface area contributed by atoms with E-state index in [1.807, 2.05) is 6.92 Å². The molecule has 15 N–H and O–H groups in total. The SMILES string of the molecule is CC1(CO)CCC2(C(=O)O)C(C1)C1=CCC3C4(C5CCCCC5)C(CC5C(CO)C(=O)NC5C(CCC(N)O)c5cnc[nH]5)C(O)C(OC5OCC(O)C(O)C5O)C(C)(CO)C4CCC3(C)C1(C)C1Cc3[nH]cnc3NCC12. The predicted octanol–water partition coefficient (Wildman–Crippen LogP) is 2.92. The number of aromatic amines is 2. The summed E-state index contributed by atoms with van der Waals surface area (Å²) in [6.45, 7) is 8.02. The summed E-state index contributed by atoms with van der Waals surface area (Å²) in [5, 5.41) is 111. The van der Waals surface area contributed by atoms with Gasteiger partial charge in [-0.3, -0.25) is 9.59 Å². The summed E-state index contributed by atoms with van der Waals surface area (Å²) in [4.78, 5) is 44.8. The Labute approximate surface area is 457 Å². The van der Waals surface area contributed by atoms with Crippen molar-refractivity contribution in [1.82, 2.24) is 25.3 Å². The summed E-state index contributed by atoms with van der Waals surface area (Å²) < 4.78 is 12.8. The minimum Gasteiger partial charge on any atom is -0.481 e. The molecule has 20 nitrogen and oxygen atoms in total. The Hall–Kier alpha value is -3.54. The summed E-state index contributed by atoms with van der Waals surface area (Å²) in [5.41, 5.74) is 3.89. The molecule has 434 valence electrons. The molecular weight excluding hydrogens is 1000 g/mol. The summed E-state index contributed by atoms with van der Waals surface area (Å²) in [5.74, 6) is -4.54. The van der Waals surface area contributed by atoms with E-state index in [1.165, 1.54) is 0 Å². The Kier molecular flexibility index (Phi) is 15.0. The molecule has 0 radical (unpaired) electrons. The van der Waals surface area contributed by atoms with Crippen molar-refractivity contribution in [3.05, 3.63) is 41.9 Å². The van der Waals surface area contributed by atoms with E-state index in [9.17, 15) is 55.5 Å². The average Bonchev–Trinajstić information content (AvgIpc) is 1.44. The molecule has 1 amide bonds. The van der Waals surface area contributed by atoms with E-state index < -0.39 is 130 Å². The maximum Gasteiger partial charge on any atom is 0.310 e. The number of imidazole rings is 2. The minimum absolute atomic E-state index is 0.00820. The first kappa shape index (κ1) is 56.3. The van der Waals surface area contributed by atoms with Crippen molar-refractivity contribution in [3.63, 3.8) is 0 Å². The fraction of sp³-hybridized carbons (Fsp3) is 0.828. The van der Waals surface area contributed by atoms with Gasteiger partial charge in [-0.2, -0.15) is 0 Å². The molecule has 11 rings (SSSR count). The van der Waals surface area contributed by atoms with Crippen LogP contribution in [0.1, 0.15) is 135 Å². The molecule has 0 spiro atoms. The standard InChI is InChI=1S/C58H89N7O13/c1-53(25-67)16-17-57(52(75)76)36(20-53)33-11-12-42-55(3,56(33,4)34-19-38-49(64-28-63-38)61-21-37(34)57)15-14-41-54(2,26-68)48(78-51-47(73)46(72)40(69)24-77-51)45(71)35(58(41,42)29-8-6-5-7-9-29)18-31-32(23-66)50(74)65-44(31)30(10-13-43(59)70)39-22-60-27-62-39/h11,22,27-32,34-37,40-48,51,61,66-73H,5-10,12-21,23-26,59H2,1-4H3,(H,60,62)(H,63,64)(H,65,74)(H,75,76). The van der Waals surface area contributed by atoms with Gasteiger partial charge in [-0.05, 0) is 146 Å². The summed E-state index contributed by atoms with van der Waals surface area (Å²) in [7, 11) is 0. The monoisotopic (exact) mass is 1090 g/mol. The molecule has 23 atom stereocenters. The molecule has 2 aromatic heterocycles. The van der Waals surface area contributed by atoms with Gasteiger partial charge < -0.3 is 81.8 Å². The Balaban J connectivity index is 1.14. The van der Waals surface area contributed by atoms with E-state index >= 15 is 0 Å². The van der Waals surface area contributed by atoms with Gasteiger partial charge >= 0.3 is 5.97 Å². The molecule has 5 heterocycles. The summed E-state index contributed by atoms with van der Waals surface area (Å²) in [6.07, 6.45) is 6.72. The number of carboxylic acids is 1. The van der Waals surface area contributed by atoms with Gasteiger partial charge in [-0.1, -0.05) is 58.6 Å². The first-order valence-electron chi connectivity index (χ1n) is 29.4. The molecule has 6 aliphatic carbocycles. The smallest absolute Gasteiger partial charge is 0.310 e. The maximum atomic E-state index is 14.5. The number of ether oxygens (including phenoxy) is 2. The fourth-order valence-electron chi connectivity index (χ4n) is 20.2. The number of carbonyl (C=O) groups excluding carboxylic acids is 1. The van der Waals surface area contributed by atoms with Gasteiger partial charge in [0.15, 0.2) is 6.29 Å². The molecule has 23 unspecified atom stereocenters. The zero-order chi connectivity index (χ0) is 55.5.